The molecule has 0 saturated carbocycles. The first-order chi connectivity index (χ1) is 9.63. The summed E-state index contributed by atoms with van der Waals surface area (Å²) >= 11 is 0. The van der Waals surface area contributed by atoms with Crippen molar-refractivity contribution in [3.63, 3.8) is 0 Å². The highest BCUT2D eigenvalue weighted by Gasteiger charge is 2.14. The van der Waals surface area contributed by atoms with Gasteiger partial charge in [-0.1, -0.05) is 30.3 Å². The number of carbonyl (C=O) groups excluding carboxylic acids is 1. The van der Waals surface area contributed by atoms with Gasteiger partial charge >= 0.3 is 6.03 Å². The summed E-state index contributed by atoms with van der Waals surface area (Å²) < 4.78 is 13.5. The summed E-state index contributed by atoms with van der Waals surface area (Å²) in [5.74, 6) is -0.471. The maximum Gasteiger partial charge on any atom is 0.326 e. The number of hydrogen-bond donors (Lipinski definition) is 2. The molecule has 0 fully saturated rings. The fourth-order valence-corrected chi connectivity index (χ4v) is 1.88. The predicted octanol–water partition coefficient (Wildman–Crippen LogP) is 2.95. The number of halogens is 1. The molecule has 0 radical (unpaired) electrons. The minimum absolute atomic E-state index is 0.148. The summed E-state index contributed by atoms with van der Waals surface area (Å²) in [7, 11) is 1.62. The first-order valence-corrected chi connectivity index (χ1v) is 6.20. The number of benzene rings is 2. The van der Waals surface area contributed by atoms with Crippen molar-refractivity contribution in [2.75, 3.05) is 17.3 Å². The van der Waals surface area contributed by atoms with E-state index < -0.39 is 11.8 Å². The molecule has 0 saturated heterocycles. The second-order valence-corrected chi connectivity index (χ2v) is 4.30. The van der Waals surface area contributed by atoms with Crippen LogP contribution in [0.1, 0.15) is 5.56 Å². The van der Waals surface area contributed by atoms with Crippen molar-refractivity contribution < 1.29 is 9.18 Å². The lowest BCUT2D eigenvalue weighted by atomic mass is 10.1. The molecule has 0 atom stereocenters. The summed E-state index contributed by atoms with van der Waals surface area (Å²) in [4.78, 5) is 13.6. The van der Waals surface area contributed by atoms with Gasteiger partial charge in [-0.05, 0) is 23.8 Å². The number of para-hydroxylation sites is 2. The highest BCUT2D eigenvalue weighted by molar-refractivity contribution is 6.01. The Bertz CT molecular complexity index is 616. The molecule has 20 heavy (non-hydrogen) atoms. The van der Waals surface area contributed by atoms with Gasteiger partial charge in [0, 0.05) is 19.3 Å². The zero-order chi connectivity index (χ0) is 14.5. The summed E-state index contributed by atoms with van der Waals surface area (Å²) in [5, 5.41) is 2.53. The summed E-state index contributed by atoms with van der Waals surface area (Å²) in [5.41, 5.74) is 7.34. The van der Waals surface area contributed by atoms with E-state index in [9.17, 15) is 9.18 Å². The van der Waals surface area contributed by atoms with Crippen molar-refractivity contribution in [2.45, 2.75) is 6.54 Å². The number of hydrogen-bond acceptors (Lipinski definition) is 2. The van der Waals surface area contributed by atoms with Gasteiger partial charge in [0.05, 0.1) is 5.69 Å². The van der Waals surface area contributed by atoms with Crippen LogP contribution < -0.4 is 16.0 Å². The van der Waals surface area contributed by atoms with Crippen LogP contribution in [0, 0.1) is 5.82 Å². The molecular weight excluding hydrogens is 257 g/mol. The van der Waals surface area contributed by atoms with Crippen LogP contribution in [0.2, 0.25) is 0 Å². The lowest BCUT2D eigenvalue weighted by molar-refractivity contribution is 0.258. The summed E-state index contributed by atoms with van der Waals surface area (Å²) in [6, 6.07) is 12.9. The number of amides is 2. The van der Waals surface area contributed by atoms with E-state index in [-0.39, 0.29) is 5.69 Å². The van der Waals surface area contributed by atoms with E-state index >= 15 is 0 Å². The van der Waals surface area contributed by atoms with Gasteiger partial charge in [-0.3, -0.25) is 4.90 Å². The average Bonchev–Trinajstić information content (AvgIpc) is 2.48. The van der Waals surface area contributed by atoms with E-state index in [1.807, 2.05) is 18.2 Å². The molecule has 4 nitrogen and oxygen atoms in total. The Morgan fingerprint density at radius 2 is 1.85 bits per heavy atom. The van der Waals surface area contributed by atoms with Gasteiger partial charge in [-0.15, -0.1) is 0 Å². The standard InChI is InChI=1S/C15H16FN3O/c1-19(14-9-5-2-6-11(14)10-17)15(20)18-13-8-4-3-7-12(13)16/h2-9H,10,17H2,1H3,(H,18,20). The largest absolute Gasteiger partial charge is 0.326 e. The van der Waals surface area contributed by atoms with Crippen LogP contribution in [-0.4, -0.2) is 13.1 Å². The van der Waals surface area contributed by atoms with E-state index in [0.29, 0.717) is 12.2 Å². The third-order valence-corrected chi connectivity index (χ3v) is 2.99. The van der Waals surface area contributed by atoms with Gasteiger partial charge in [-0.2, -0.15) is 0 Å². The van der Waals surface area contributed by atoms with E-state index in [2.05, 4.69) is 5.32 Å². The number of anilines is 2. The van der Waals surface area contributed by atoms with Crippen LogP contribution in [0.25, 0.3) is 0 Å². The van der Waals surface area contributed by atoms with E-state index in [1.54, 1.807) is 25.2 Å². The number of urea groups is 1. The predicted molar refractivity (Wildman–Crippen MR) is 78.2 cm³/mol. The molecule has 2 rings (SSSR count). The van der Waals surface area contributed by atoms with Gasteiger partial charge in [-0.25, -0.2) is 9.18 Å². The Labute approximate surface area is 117 Å². The minimum Gasteiger partial charge on any atom is -0.326 e. The average molecular weight is 273 g/mol. The second-order valence-electron chi connectivity index (χ2n) is 4.30. The lowest BCUT2D eigenvalue weighted by Gasteiger charge is -2.20. The fourth-order valence-electron chi connectivity index (χ4n) is 1.88. The Kier molecular flexibility index (Phi) is 4.32. The quantitative estimate of drug-likeness (QED) is 0.903. The topological polar surface area (TPSA) is 58.4 Å². The van der Waals surface area contributed by atoms with Gasteiger partial charge < -0.3 is 11.1 Å². The van der Waals surface area contributed by atoms with Crippen LogP contribution in [0.3, 0.4) is 0 Å². The van der Waals surface area contributed by atoms with Crippen molar-refractivity contribution in [3.8, 4) is 0 Å². The molecule has 2 aromatic carbocycles. The molecule has 0 bridgehead atoms. The third kappa shape index (κ3) is 2.95. The number of carbonyl (C=O) groups is 1. The minimum atomic E-state index is -0.471. The summed E-state index contributed by atoms with van der Waals surface area (Å²) in [6.07, 6.45) is 0. The van der Waals surface area contributed by atoms with Crippen LogP contribution in [0.5, 0.6) is 0 Å². The summed E-state index contributed by atoms with van der Waals surface area (Å²) in [6.45, 7) is 0.327. The molecule has 0 unspecified atom stereocenters. The Balaban J connectivity index is 2.19. The zero-order valence-electron chi connectivity index (χ0n) is 11.1. The molecule has 0 aliphatic rings. The van der Waals surface area contributed by atoms with E-state index in [4.69, 9.17) is 5.73 Å². The Morgan fingerprint density at radius 1 is 1.20 bits per heavy atom. The van der Waals surface area contributed by atoms with Crippen molar-refractivity contribution in [3.05, 3.63) is 59.9 Å². The second kappa shape index (κ2) is 6.16. The number of nitrogens with two attached hydrogens (primary N) is 1. The molecule has 0 heterocycles. The maximum atomic E-state index is 13.5. The molecule has 2 amide bonds. The zero-order valence-corrected chi connectivity index (χ0v) is 11.1. The first-order valence-electron chi connectivity index (χ1n) is 6.20. The van der Waals surface area contributed by atoms with Crippen molar-refractivity contribution in [1.29, 1.82) is 0 Å². The van der Waals surface area contributed by atoms with Crippen LogP contribution in [0.15, 0.2) is 48.5 Å². The molecule has 5 heteroatoms. The molecule has 104 valence electrons. The SMILES string of the molecule is CN(C(=O)Nc1ccccc1F)c1ccccc1CN. The highest BCUT2D eigenvalue weighted by Crippen LogP contribution is 2.20. The van der Waals surface area contributed by atoms with Gasteiger partial charge in [0.2, 0.25) is 0 Å². The molecular formula is C15H16FN3O. The number of rotatable bonds is 3. The Morgan fingerprint density at radius 3 is 2.55 bits per heavy atom. The van der Waals surface area contributed by atoms with Crippen LogP contribution in [0.4, 0.5) is 20.6 Å². The molecule has 2 aromatic rings. The normalized spacial score (nSPS) is 10.2. The fraction of sp³-hybridized carbons (Fsp3) is 0.133. The van der Waals surface area contributed by atoms with Gasteiger partial charge in [0.25, 0.3) is 0 Å². The van der Waals surface area contributed by atoms with Gasteiger partial charge in [0.15, 0.2) is 0 Å². The first kappa shape index (κ1) is 14.0. The molecule has 3 N–H and O–H groups in total. The number of nitrogens with one attached hydrogen (secondary N) is 1. The number of nitrogens with zero attached hydrogens (tertiary/aromatic N) is 1. The molecule has 0 aromatic heterocycles. The lowest BCUT2D eigenvalue weighted by Crippen LogP contribution is -2.32. The van der Waals surface area contributed by atoms with Gasteiger partial charge in [0.1, 0.15) is 5.82 Å². The van der Waals surface area contributed by atoms with Crippen LogP contribution >= 0.6 is 0 Å². The monoisotopic (exact) mass is 273 g/mol. The smallest absolute Gasteiger partial charge is 0.326 e. The molecule has 0 spiro atoms. The Hall–Kier alpha value is -2.40. The highest BCUT2D eigenvalue weighted by atomic mass is 19.1. The van der Waals surface area contributed by atoms with Crippen molar-refractivity contribution >= 4 is 17.4 Å². The third-order valence-electron chi connectivity index (χ3n) is 2.99. The van der Waals surface area contributed by atoms with Crippen molar-refractivity contribution in [2.24, 2.45) is 5.73 Å². The van der Waals surface area contributed by atoms with E-state index in [1.165, 1.54) is 17.0 Å². The van der Waals surface area contributed by atoms with Crippen molar-refractivity contribution in [1.82, 2.24) is 0 Å². The van der Waals surface area contributed by atoms with Crippen LogP contribution in [-0.2, 0) is 6.54 Å². The maximum absolute atomic E-state index is 13.5. The molecule has 0 aliphatic heterocycles. The van der Waals surface area contributed by atoms with E-state index in [0.717, 1.165) is 5.56 Å². The molecule has 0 aliphatic carbocycles.